The Bertz CT molecular complexity index is 552. The topological polar surface area (TPSA) is 59.4 Å². The van der Waals surface area contributed by atoms with Gasteiger partial charge in [0.25, 0.3) is 0 Å². The Morgan fingerprint density at radius 1 is 1.69 bits per heavy atom. The largest absolute Gasteiger partial charge is 0.505 e. The Morgan fingerprint density at radius 3 is 3.12 bits per heavy atom. The third-order valence-corrected chi connectivity index (χ3v) is 3.89. The number of carbonyl (C=O) groups is 1. The van der Waals surface area contributed by atoms with Gasteiger partial charge < -0.3 is 9.84 Å². The molecule has 0 amide bonds. The number of pyridine rings is 1. The monoisotopic (exact) mass is 301 g/mol. The number of aromatic nitrogens is 1. The predicted octanol–water partition coefficient (Wildman–Crippen LogP) is 2.94. The Morgan fingerprint density at radius 2 is 2.44 bits per heavy atom. The lowest BCUT2D eigenvalue weighted by Gasteiger charge is -2.04. The molecule has 0 bridgehead atoms. The van der Waals surface area contributed by atoms with Crippen molar-refractivity contribution < 1.29 is 14.6 Å². The molecule has 2 rings (SSSR count). The molecule has 0 fully saturated rings. The van der Waals surface area contributed by atoms with Crippen molar-refractivity contribution in [2.24, 2.45) is 0 Å². The predicted molar refractivity (Wildman–Crippen MR) is 64.9 cm³/mol. The summed E-state index contributed by atoms with van der Waals surface area (Å²) in [6.07, 6.45) is 1.33. The number of thiophene rings is 1. The van der Waals surface area contributed by atoms with Crippen molar-refractivity contribution in [2.75, 3.05) is 6.61 Å². The number of fused-ring (bicyclic) bond motifs is 1. The van der Waals surface area contributed by atoms with Crippen molar-refractivity contribution in [1.29, 1.82) is 0 Å². The summed E-state index contributed by atoms with van der Waals surface area (Å²) in [6, 6.07) is 0. The van der Waals surface area contributed by atoms with Crippen molar-refractivity contribution in [3.8, 4) is 5.75 Å². The Kier molecular flexibility index (Phi) is 3.11. The number of rotatable bonds is 2. The van der Waals surface area contributed by atoms with Crippen molar-refractivity contribution in [1.82, 2.24) is 4.98 Å². The van der Waals surface area contributed by atoms with E-state index in [1.165, 1.54) is 17.5 Å². The van der Waals surface area contributed by atoms with Crippen LogP contribution in [0, 0.1) is 0 Å². The van der Waals surface area contributed by atoms with Crippen molar-refractivity contribution >= 4 is 43.5 Å². The van der Waals surface area contributed by atoms with Gasteiger partial charge in [-0.25, -0.2) is 4.79 Å². The quantitative estimate of drug-likeness (QED) is 0.867. The highest BCUT2D eigenvalue weighted by Crippen LogP contribution is 2.36. The fraction of sp³-hybridized carbons (Fsp3) is 0.200. The van der Waals surface area contributed by atoms with Gasteiger partial charge in [0.2, 0.25) is 0 Å². The first-order valence-electron chi connectivity index (χ1n) is 4.57. The highest BCUT2D eigenvalue weighted by atomic mass is 79.9. The molecular weight excluding hydrogens is 294 g/mol. The van der Waals surface area contributed by atoms with Crippen LogP contribution in [0.5, 0.6) is 5.75 Å². The Labute approximate surface area is 104 Å². The molecule has 84 valence electrons. The van der Waals surface area contributed by atoms with Crippen LogP contribution < -0.4 is 0 Å². The first-order chi connectivity index (χ1) is 7.65. The van der Waals surface area contributed by atoms with E-state index in [2.05, 4.69) is 20.9 Å². The molecule has 1 N–H and O–H groups in total. The van der Waals surface area contributed by atoms with Crippen LogP contribution in [0.3, 0.4) is 0 Å². The third kappa shape index (κ3) is 1.78. The summed E-state index contributed by atoms with van der Waals surface area (Å²) in [5.41, 5.74) is 0.749. The van der Waals surface area contributed by atoms with E-state index in [9.17, 15) is 9.90 Å². The van der Waals surface area contributed by atoms with Gasteiger partial charge in [-0.3, -0.25) is 4.98 Å². The fourth-order valence-corrected chi connectivity index (χ4v) is 2.83. The smallest absolute Gasteiger partial charge is 0.343 e. The van der Waals surface area contributed by atoms with Gasteiger partial charge in [0, 0.05) is 11.6 Å². The summed E-state index contributed by atoms with van der Waals surface area (Å²) >= 11 is 4.64. The summed E-state index contributed by atoms with van der Waals surface area (Å²) < 4.78 is 6.20. The molecular formula is C10H8BrNO3S. The zero-order valence-corrected chi connectivity index (χ0v) is 10.8. The lowest BCUT2D eigenvalue weighted by Crippen LogP contribution is -2.05. The van der Waals surface area contributed by atoms with Crippen LogP contribution in [0.4, 0.5) is 0 Å². The van der Waals surface area contributed by atoms with Crippen LogP contribution >= 0.6 is 27.3 Å². The zero-order chi connectivity index (χ0) is 11.7. The number of hydrogen-bond acceptors (Lipinski definition) is 5. The summed E-state index contributed by atoms with van der Waals surface area (Å²) in [6.45, 7) is 1.98. The van der Waals surface area contributed by atoms with Crippen molar-refractivity contribution in [3.63, 3.8) is 0 Å². The maximum Gasteiger partial charge on any atom is 0.343 e. The molecule has 0 aliphatic heterocycles. The summed E-state index contributed by atoms with van der Waals surface area (Å²) in [7, 11) is 0. The van der Waals surface area contributed by atoms with Gasteiger partial charge in [0.05, 0.1) is 21.3 Å². The van der Waals surface area contributed by atoms with Gasteiger partial charge in [-0.15, -0.1) is 11.3 Å². The van der Waals surface area contributed by atoms with Gasteiger partial charge in [0.1, 0.15) is 5.56 Å². The molecule has 0 aliphatic carbocycles. The van der Waals surface area contributed by atoms with Crippen LogP contribution in [0.1, 0.15) is 17.3 Å². The van der Waals surface area contributed by atoms with Crippen LogP contribution in [0.15, 0.2) is 16.0 Å². The van der Waals surface area contributed by atoms with E-state index in [4.69, 9.17) is 4.74 Å². The molecule has 0 spiro atoms. The van der Waals surface area contributed by atoms with Crippen LogP contribution in [-0.2, 0) is 4.74 Å². The summed E-state index contributed by atoms with van der Waals surface area (Å²) in [5.74, 6) is -0.627. The lowest BCUT2D eigenvalue weighted by atomic mass is 10.2. The number of esters is 1. The van der Waals surface area contributed by atoms with Gasteiger partial charge in [0.15, 0.2) is 5.75 Å². The molecule has 0 unspecified atom stereocenters. The summed E-state index contributed by atoms with van der Waals surface area (Å²) in [4.78, 5) is 15.6. The first-order valence-corrected chi connectivity index (χ1v) is 6.24. The molecule has 0 saturated carbocycles. The molecule has 0 saturated heterocycles. The van der Waals surface area contributed by atoms with Gasteiger partial charge in [-0.2, -0.15) is 0 Å². The summed E-state index contributed by atoms with van der Waals surface area (Å²) in [5, 5.41) is 11.7. The van der Waals surface area contributed by atoms with Crippen molar-refractivity contribution in [2.45, 2.75) is 6.92 Å². The van der Waals surface area contributed by atoms with E-state index in [0.29, 0.717) is 10.2 Å². The highest BCUT2D eigenvalue weighted by Gasteiger charge is 2.17. The zero-order valence-electron chi connectivity index (χ0n) is 8.36. The van der Waals surface area contributed by atoms with E-state index in [1.807, 2.05) is 5.38 Å². The third-order valence-electron chi connectivity index (χ3n) is 2.01. The number of carbonyl (C=O) groups excluding carboxylic acids is 1. The fourth-order valence-electron chi connectivity index (χ4n) is 1.29. The molecule has 2 heterocycles. The molecule has 4 nitrogen and oxygen atoms in total. The minimum absolute atomic E-state index is 0.0702. The standard InChI is InChI=1S/C10H8BrNO3S/c1-2-15-10(14)5-3-12-7-6(11)4-16-9(7)8(5)13/h3-4H,2H2,1H3,(H,12,13). The molecule has 16 heavy (non-hydrogen) atoms. The second-order valence-corrected chi connectivity index (χ2v) is 4.74. The van der Waals surface area contributed by atoms with E-state index >= 15 is 0 Å². The highest BCUT2D eigenvalue weighted by molar-refractivity contribution is 9.10. The van der Waals surface area contributed by atoms with Crippen LogP contribution in [-0.4, -0.2) is 22.7 Å². The van der Waals surface area contributed by atoms with Crippen LogP contribution in [0.25, 0.3) is 10.2 Å². The SMILES string of the molecule is CCOC(=O)c1cnc2c(Br)csc2c1O. The normalized spacial score (nSPS) is 10.6. The minimum atomic E-state index is -0.557. The molecule has 0 aromatic carbocycles. The van der Waals surface area contributed by atoms with Crippen molar-refractivity contribution in [3.05, 3.63) is 21.6 Å². The number of ether oxygens (including phenoxy) is 1. The first kappa shape index (κ1) is 11.3. The maximum atomic E-state index is 11.5. The van der Waals surface area contributed by atoms with Gasteiger partial charge >= 0.3 is 5.97 Å². The second kappa shape index (κ2) is 4.39. The number of aromatic hydroxyl groups is 1. The van der Waals surface area contributed by atoms with E-state index in [-0.39, 0.29) is 17.9 Å². The number of nitrogens with zero attached hydrogens (tertiary/aromatic N) is 1. The van der Waals surface area contributed by atoms with E-state index in [0.717, 1.165) is 4.47 Å². The Hall–Kier alpha value is -1.14. The molecule has 0 aliphatic rings. The van der Waals surface area contributed by atoms with Gasteiger partial charge in [-0.1, -0.05) is 0 Å². The lowest BCUT2D eigenvalue weighted by molar-refractivity contribution is 0.0523. The molecule has 2 aromatic rings. The second-order valence-electron chi connectivity index (χ2n) is 3.00. The molecule has 6 heteroatoms. The maximum absolute atomic E-state index is 11.5. The van der Waals surface area contributed by atoms with E-state index in [1.54, 1.807) is 6.92 Å². The number of halogens is 1. The van der Waals surface area contributed by atoms with E-state index < -0.39 is 5.97 Å². The number of hydrogen-bond donors (Lipinski definition) is 1. The molecule has 2 aromatic heterocycles. The average molecular weight is 302 g/mol. The Balaban J connectivity index is 2.56. The molecule has 0 radical (unpaired) electrons. The molecule has 0 atom stereocenters. The van der Waals surface area contributed by atoms with Crippen LogP contribution in [0.2, 0.25) is 0 Å². The minimum Gasteiger partial charge on any atom is -0.505 e. The van der Waals surface area contributed by atoms with Gasteiger partial charge in [-0.05, 0) is 22.9 Å². The average Bonchev–Trinajstić information content (AvgIpc) is 2.62.